The Kier molecular flexibility index (Phi) is 6.31. The van der Waals surface area contributed by atoms with Gasteiger partial charge in [0.25, 0.3) is 0 Å². The van der Waals surface area contributed by atoms with E-state index < -0.39 is 0 Å². The molecule has 3 heteroatoms. The molecule has 0 spiro atoms. The van der Waals surface area contributed by atoms with Crippen molar-refractivity contribution in [1.29, 1.82) is 0 Å². The zero-order chi connectivity index (χ0) is 18.5. The molecule has 3 rings (SSSR count). The molecular weight excluding hydrogens is 336 g/mol. The van der Waals surface area contributed by atoms with E-state index >= 15 is 0 Å². The number of pyridine rings is 1. The van der Waals surface area contributed by atoms with Gasteiger partial charge in [-0.15, -0.1) is 11.3 Å². The number of aromatic nitrogens is 2. The van der Waals surface area contributed by atoms with E-state index in [-0.39, 0.29) is 0 Å². The Labute approximate surface area is 161 Å². The number of thiazole rings is 1. The lowest BCUT2D eigenvalue weighted by molar-refractivity contribution is 0.434. The van der Waals surface area contributed by atoms with Gasteiger partial charge in [0.15, 0.2) is 0 Å². The van der Waals surface area contributed by atoms with E-state index in [1.807, 2.05) is 12.3 Å². The maximum absolute atomic E-state index is 4.74. The zero-order valence-corrected chi connectivity index (χ0v) is 17.1. The molecule has 1 unspecified atom stereocenters. The predicted molar refractivity (Wildman–Crippen MR) is 113 cm³/mol. The van der Waals surface area contributed by atoms with Crippen molar-refractivity contribution in [2.24, 2.45) is 11.8 Å². The summed E-state index contributed by atoms with van der Waals surface area (Å²) in [7, 11) is 0. The third kappa shape index (κ3) is 4.64. The zero-order valence-electron chi connectivity index (χ0n) is 16.3. The molecular formula is C23H29N2S+. The highest BCUT2D eigenvalue weighted by Gasteiger charge is 2.20. The Balaban J connectivity index is 1.64. The van der Waals surface area contributed by atoms with Crippen LogP contribution in [-0.2, 0) is 6.42 Å². The maximum Gasteiger partial charge on any atom is 0.126 e. The minimum Gasteiger partial charge on any atom is -0.261 e. The van der Waals surface area contributed by atoms with Crippen molar-refractivity contribution in [1.82, 2.24) is 9.97 Å². The molecule has 2 aromatic heterocycles. The van der Waals surface area contributed by atoms with Gasteiger partial charge in [-0.05, 0) is 56.9 Å². The number of hydrogen-bond donors (Lipinski definition) is 0. The molecule has 0 bridgehead atoms. The number of para-hydroxylation sites is 1. The van der Waals surface area contributed by atoms with E-state index in [4.69, 9.17) is 9.97 Å². The normalized spacial score (nSPS) is 12.7. The smallest absolute Gasteiger partial charge is 0.126 e. The second kappa shape index (κ2) is 8.68. The number of fused-ring (bicyclic) bond motifs is 1. The van der Waals surface area contributed by atoms with Crippen LogP contribution < -0.4 is 0 Å². The Hall–Kier alpha value is -1.87. The van der Waals surface area contributed by atoms with Crippen molar-refractivity contribution in [2.75, 3.05) is 0 Å². The SMILES string of the molecule is CCC(CC[C+](C)C(C)C)Cc1ccc(-c2nc3ccccc3s2)cn1. The minimum absolute atomic E-state index is 0.693. The van der Waals surface area contributed by atoms with E-state index in [2.05, 4.69) is 58.0 Å². The molecule has 1 atom stereocenters. The van der Waals surface area contributed by atoms with Gasteiger partial charge in [-0.25, -0.2) is 4.98 Å². The molecule has 0 saturated heterocycles. The van der Waals surface area contributed by atoms with E-state index in [1.165, 1.54) is 29.7 Å². The van der Waals surface area contributed by atoms with Crippen molar-refractivity contribution >= 4 is 21.6 Å². The largest absolute Gasteiger partial charge is 0.261 e. The van der Waals surface area contributed by atoms with Crippen molar-refractivity contribution in [3.63, 3.8) is 0 Å². The first-order chi connectivity index (χ1) is 12.6. The van der Waals surface area contributed by atoms with Crippen LogP contribution in [0.15, 0.2) is 42.6 Å². The molecule has 1 aromatic carbocycles. The minimum atomic E-state index is 0.693. The summed E-state index contributed by atoms with van der Waals surface area (Å²) in [5, 5.41) is 1.06. The third-order valence-corrected chi connectivity index (χ3v) is 6.46. The van der Waals surface area contributed by atoms with Gasteiger partial charge in [0, 0.05) is 17.5 Å². The lowest BCUT2D eigenvalue weighted by Crippen LogP contribution is -2.09. The van der Waals surface area contributed by atoms with Crippen molar-refractivity contribution < 1.29 is 0 Å². The predicted octanol–water partition coefficient (Wildman–Crippen LogP) is 6.96. The molecule has 0 aliphatic rings. The highest BCUT2D eigenvalue weighted by molar-refractivity contribution is 7.21. The van der Waals surface area contributed by atoms with E-state index in [9.17, 15) is 0 Å². The van der Waals surface area contributed by atoms with E-state index in [1.54, 1.807) is 17.3 Å². The summed E-state index contributed by atoms with van der Waals surface area (Å²) >= 11 is 1.73. The van der Waals surface area contributed by atoms with Gasteiger partial charge >= 0.3 is 0 Å². The molecule has 0 aliphatic carbocycles. The van der Waals surface area contributed by atoms with Crippen LogP contribution in [0.2, 0.25) is 0 Å². The summed E-state index contributed by atoms with van der Waals surface area (Å²) in [6.07, 6.45) is 6.78. The molecule has 0 aliphatic heterocycles. The number of benzene rings is 1. The summed E-state index contributed by atoms with van der Waals surface area (Å²) < 4.78 is 1.23. The summed E-state index contributed by atoms with van der Waals surface area (Å²) in [5.74, 6) is 3.02. The van der Waals surface area contributed by atoms with Gasteiger partial charge in [-0.1, -0.05) is 25.5 Å². The molecule has 3 aromatic rings. The summed E-state index contributed by atoms with van der Waals surface area (Å²) in [4.78, 5) is 9.47. The lowest BCUT2D eigenvalue weighted by atomic mass is 9.87. The second-order valence-corrected chi connectivity index (χ2v) is 8.57. The van der Waals surface area contributed by atoms with Crippen LogP contribution in [0.3, 0.4) is 0 Å². The monoisotopic (exact) mass is 365 g/mol. The van der Waals surface area contributed by atoms with Crippen molar-refractivity contribution in [3.8, 4) is 10.6 Å². The highest BCUT2D eigenvalue weighted by atomic mass is 32.1. The van der Waals surface area contributed by atoms with Gasteiger partial charge < -0.3 is 0 Å². The molecule has 26 heavy (non-hydrogen) atoms. The van der Waals surface area contributed by atoms with Gasteiger partial charge in [0.1, 0.15) is 5.01 Å². The molecule has 0 amide bonds. The van der Waals surface area contributed by atoms with E-state index in [0.29, 0.717) is 11.8 Å². The Morgan fingerprint density at radius 2 is 1.92 bits per heavy atom. The first kappa shape index (κ1) is 18.9. The van der Waals surface area contributed by atoms with Gasteiger partial charge in [0.2, 0.25) is 0 Å². The van der Waals surface area contributed by atoms with Crippen LogP contribution in [0.1, 0.15) is 52.7 Å². The Bertz CT molecular complexity index is 787. The fourth-order valence-electron chi connectivity index (χ4n) is 3.13. The van der Waals surface area contributed by atoms with Crippen LogP contribution >= 0.6 is 11.3 Å². The van der Waals surface area contributed by atoms with Crippen LogP contribution in [-0.4, -0.2) is 9.97 Å². The maximum atomic E-state index is 4.74. The molecule has 0 N–H and O–H groups in total. The number of rotatable bonds is 8. The van der Waals surface area contributed by atoms with Crippen LogP contribution in [0, 0.1) is 17.8 Å². The Morgan fingerprint density at radius 3 is 2.58 bits per heavy atom. The van der Waals surface area contributed by atoms with Crippen molar-refractivity contribution in [3.05, 3.63) is 54.2 Å². The quantitative estimate of drug-likeness (QED) is 0.403. The number of nitrogens with zero attached hydrogens (tertiary/aromatic N) is 2. The molecule has 0 radical (unpaired) electrons. The summed E-state index contributed by atoms with van der Waals surface area (Å²) in [6, 6.07) is 12.7. The third-order valence-electron chi connectivity index (χ3n) is 5.37. The van der Waals surface area contributed by atoms with E-state index in [0.717, 1.165) is 22.5 Å². The summed E-state index contributed by atoms with van der Waals surface area (Å²) in [5.41, 5.74) is 3.38. The van der Waals surface area contributed by atoms with Gasteiger partial charge in [-0.2, -0.15) is 0 Å². The molecule has 2 heterocycles. The number of hydrogen-bond acceptors (Lipinski definition) is 3. The highest BCUT2D eigenvalue weighted by Crippen LogP contribution is 2.30. The van der Waals surface area contributed by atoms with Crippen LogP contribution in [0.5, 0.6) is 0 Å². The average molecular weight is 366 g/mol. The fraction of sp³-hybridized carbons (Fsp3) is 0.435. The van der Waals surface area contributed by atoms with Gasteiger partial charge in [-0.3, -0.25) is 4.98 Å². The average Bonchev–Trinajstić information content (AvgIpc) is 3.09. The summed E-state index contributed by atoms with van der Waals surface area (Å²) in [6.45, 7) is 9.17. The second-order valence-electron chi connectivity index (χ2n) is 7.54. The first-order valence-electron chi connectivity index (χ1n) is 9.70. The fourth-order valence-corrected chi connectivity index (χ4v) is 4.09. The van der Waals surface area contributed by atoms with Crippen molar-refractivity contribution in [2.45, 2.75) is 53.4 Å². The molecule has 0 saturated carbocycles. The topological polar surface area (TPSA) is 25.8 Å². The van der Waals surface area contributed by atoms with Crippen LogP contribution in [0.25, 0.3) is 20.8 Å². The van der Waals surface area contributed by atoms with Gasteiger partial charge in [0.05, 0.1) is 35.4 Å². The molecule has 136 valence electrons. The lowest BCUT2D eigenvalue weighted by Gasteiger charge is -2.14. The molecule has 0 fully saturated rings. The standard InChI is InChI=1S/C23H29N2S/c1-5-18(11-10-17(4)16(2)3)14-20-13-12-19(15-24-20)23-25-21-8-6-7-9-22(21)26-23/h6-9,12-13,15-16,18H,5,10-11,14H2,1-4H3/q+1. The molecule has 2 nitrogen and oxygen atoms in total. The van der Waals surface area contributed by atoms with Crippen LogP contribution in [0.4, 0.5) is 0 Å². The Morgan fingerprint density at radius 1 is 1.12 bits per heavy atom. The first-order valence-corrected chi connectivity index (χ1v) is 10.5.